The van der Waals surface area contributed by atoms with Crippen molar-refractivity contribution in [3.05, 3.63) is 58.7 Å². The van der Waals surface area contributed by atoms with Crippen LogP contribution in [0.1, 0.15) is 78.4 Å². The van der Waals surface area contributed by atoms with Gasteiger partial charge in [0.2, 0.25) is 0 Å². The lowest BCUT2D eigenvalue weighted by Gasteiger charge is -2.23. The van der Waals surface area contributed by atoms with Gasteiger partial charge in [0.25, 0.3) is 5.91 Å². The number of fused-ring (bicyclic) bond motifs is 1. The van der Waals surface area contributed by atoms with Crippen LogP contribution >= 0.6 is 0 Å². The zero-order chi connectivity index (χ0) is 24.2. The summed E-state index contributed by atoms with van der Waals surface area (Å²) in [7, 11) is -3.10. The number of hydrogen-bond donors (Lipinski definition) is 1. The minimum Gasteiger partial charge on any atom is -0.345 e. The average molecular weight is 485 g/mol. The minimum atomic E-state index is -3.10. The summed E-state index contributed by atoms with van der Waals surface area (Å²) < 4.78 is 39.4. The van der Waals surface area contributed by atoms with E-state index in [9.17, 15) is 17.6 Å². The van der Waals surface area contributed by atoms with Crippen LogP contribution in [-0.2, 0) is 9.84 Å². The molecule has 34 heavy (non-hydrogen) atoms. The molecule has 3 aromatic rings. The first kappa shape index (κ1) is 23.0. The van der Waals surface area contributed by atoms with Gasteiger partial charge in [-0.05, 0) is 55.9 Å². The molecule has 1 saturated carbocycles. The number of hydrogen-bond acceptors (Lipinski definition) is 5. The second-order valence-corrected chi connectivity index (χ2v) is 12.1. The first-order valence-corrected chi connectivity index (χ1v) is 13.6. The normalized spacial score (nSPS) is 20.7. The molecule has 1 aliphatic carbocycles. The molecule has 2 aromatic heterocycles. The number of rotatable bonds is 6. The lowest BCUT2D eigenvalue weighted by molar-refractivity contribution is 0.0927. The number of nitrogens with one attached hydrogen (secondary N) is 1. The van der Waals surface area contributed by atoms with Crippen molar-refractivity contribution < 1.29 is 17.6 Å². The van der Waals surface area contributed by atoms with Gasteiger partial charge in [-0.3, -0.25) is 4.79 Å². The topological polar surface area (TPSA) is 93.9 Å². The zero-order valence-corrected chi connectivity index (χ0v) is 20.4. The molecule has 0 spiro atoms. The Morgan fingerprint density at radius 1 is 1.18 bits per heavy atom. The fourth-order valence-electron chi connectivity index (χ4n) is 4.85. The lowest BCUT2D eigenvalue weighted by atomic mass is 9.95. The number of sulfone groups is 1. The Morgan fingerprint density at radius 2 is 1.88 bits per heavy atom. The number of aromatic nitrogens is 3. The number of halogens is 1. The Bertz CT molecular complexity index is 1360. The SMILES string of the molecule is Cc1nn(C2CCS(=O)(=O)C2)c2nc(C3CC3)cc(C(=O)NC(c3ccc(F)cc3)C(C)C)c12. The van der Waals surface area contributed by atoms with Crippen molar-refractivity contribution in [2.24, 2.45) is 5.92 Å². The van der Waals surface area contributed by atoms with Gasteiger partial charge in [0.1, 0.15) is 5.82 Å². The highest BCUT2D eigenvalue weighted by molar-refractivity contribution is 7.91. The van der Waals surface area contributed by atoms with Crippen LogP contribution in [-0.4, -0.2) is 40.6 Å². The summed E-state index contributed by atoms with van der Waals surface area (Å²) in [6.07, 6.45) is 2.54. The van der Waals surface area contributed by atoms with E-state index in [1.54, 1.807) is 16.8 Å². The predicted molar refractivity (Wildman–Crippen MR) is 128 cm³/mol. The number of amides is 1. The third-order valence-electron chi connectivity index (χ3n) is 6.83. The average Bonchev–Trinajstić information content (AvgIpc) is 3.50. The summed E-state index contributed by atoms with van der Waals surface area (Å²) in [5.41, 5.74) is 3.42. The molecule has 1 aromatic carbocycles. The van der Waals surface area contributed by atoms with Gasteiger partial charge in [0, 0.05) is 11.6 Å². The molecular weight excluding hydrogens is 455 g/mol. The van der Waals surface area contributed by atoms with E-state index in [0.29, 0.717) is 34.6 Å². The fourth-order valence-corrected chi connectivity index (χ4v) is 6.54. The number of benzene rings is 1. The summed E-state index contributed by atoms with van der Waals surface area (Å²) in [4.78, 5) is 18.5. The molecule has 1 amide bonds. The van der Waals surface area contributed by atoms with Gasteiger partial charge in [0.05, 0.1) is 40.2 Å². The minimum absolute atomic E-state index is 0.0417. The van der Waals surface area contributed by atoms with Gasteiger partial charge >= 0.3 is 0 Å². The molecule has 1 saturated heterocycles. The quantitative estimate of drug-likeness (QED) is 0.565. The van der Waals surface area contributed by atoms with E-state index in [2.05, 4.69) is 10.4 Å². The summed E-state index contributed by atoms with van der Waals surface area (Å²) in [5.74, 6) is 0.0206. The molecule has 180 valence electrons. The largest absolute Gasteiger partial charge is 0.345 e. The van der Waals surface area contributed by atoms with Crippen molar-refractivity contribution in [3.8, 4) is 0 Å². The first-order chi connectivity index (χ1) is 16.1. The third kappa shape index (κ3) is 4.33. The Balaban J connectivity index is 1.57. The molecule has 5 rings (SSSR count). The standard InChI is InChI=1S/C25H29FN4O3S/c1-14(2)23(17-6-8-18(26)9-7-17)28-25(31)20-12-21(16-4-5-16)27-24-22(20)15(3)29-30(24)19-10-11-34(32,33)13-19/h6-9,12,14,16,19,23H,4-5,10-11,13H2,1-3H3,(H,28,31). The van der Waals surface area contributed by atoms with Gasteiger partial charge in [0.15, 0.2) is 15.5 Å². The van der Waals surface area contributed by atoms with E-state index >= 15 is 0 Å². The van der Waals surface area contributed by atoms with Crippen LogP contribution in [0.15, 0.2) is 30.3 Å². The lowest BCUT2D eigenvalue weighted by Crippen LogP contribution is -2.32. The molecular formula is C25H29FN4O3S. The van der Waals surface area contributed by atoms with Gasteiger partial charge in [-0.2, -0.15) is 5.10 Å². The highest BCUT2D eigenvalue weighted by atomic mass is 32.2. The molecule has 1 N–H and O–H groups in total. The van der Waals surface area contributed by atoms with Crippen molar-refractivity contribution in [1.29, 1.82) is 0 Å². The molecule has 2 atom stereocenters. The number of nitrogens with zero attached hydrogens (tertiary/aromatic N) is 3. The van der Waals surface area contributed by atoms with Gasteiger partial charge in [-0.1, -0.05) is 26.0 Å². The van der Waals surface area contributed by atoms with Crippen LogP contribution in [0.4, 0.5) is 4.39 Å². The van der Waals surface area contributed by atoms with Crippen LogP contribution < -0.4 is 5.32 Å². The Kier molecular flexibility index (Phi) is 5.70. The van der Waals surface area contributed by atoms with E-state index in [1.165, 1.54) is 12.1 Å². The second-order valence-electron chi connectivity index (χ2n) is 9.90. The fraction of sp³-hybridized carbons (Fsp3) is 0.480. The van der Waals surface area contributed by atoms with Crippen molar-refractivity contribution in [1.82, 2.24) is 20.1 Å². The number of carbonyl (C=O) groups excluding carboxylic acids is 1. The van der Waals surface area contributed by atoms with Crippen LogP contribution in [0, 0.1) is 18.7 Å². The smallest absolute Gasteiger partial charge is 0.252 e. The maximum Gasteiger partial charge on any atom is 0.252 e. The first-order valence-electron chi connectivity index (χ1n) is 11.8. The van der Waals surface area contributed by atoms with Gasteiger partial charge in [-0.15, -0.1) is 0 Å². The van der Waals surface area contributed by atoms with Crippen molar-refractivity contribution >= 4 is 26.8 Å². The molecule has 2 fully saturated rings. The maximum absolute atomic E-state index is 13.6. The molecule has 2 unspecified atom stereocenters. The molecule has 2 aliphatic rings. The number of pyridine rings is 1. The Hall–Kier alpha value is -2.81. The van der Waals surface area contributed by atoms with Crippen LogP contribution in [0.25, 0.3) is 11.0 Å². The van der Waals surface area contributed by atoms with Crippen LogP contribution in [0.5, 0.6) is 0 Å². The van der Waals surface area contributed by atoms with Gasteiger partial charge < -0.3 is 5.32 Å². The maximum atomic E-state index is 13.6. The zero-order valence-electron chi connectivity index (χ0n) is 19.6. The highest BCUT2D eigenvalue weighted by Crippen LogP contribution is 2.41. The predicted octanol–water partition coefficient (Wildman–Crippen LogP) is 4.24. The van der Waals surface area contributed by atoms with E-state index in [4.69, 9.17) is 4.98 Å². The number of aryl methyl sites for hydroxylation is 1. The van der Waals surface area contributed by atoms with E-state index < -0.39 is 9.84 Å². The molecule has 0 bridgehead atoms. The van der Waals surface area contributed by atoms with Crippen LogP contribution in [0.2, 0.25) is 0 Å². The summed E-state index contributed by atoms with van der Waals surface area (Å²) in [5, 5.41) is 8.46. The molecule has 9 heteroatoms. The van der Waals surface area contributed by atoms with E-state index in [1.807, 2.05) is 26.8 Å². The van der Waals surface area contributed by atoms with Crippen molar-refractivity contribution in [3.63, 3.8) is 0 Å². The highest BCUT2D eigenvalue weighted by Gasteiger charge is 2.34. The Labute approximate surface area is 198 Å². The molecule has 7 nitrogen and oxygen atoms in total. The summed E-state index contributed by atoms with van der Waals surface area (Å²) >= 11 is 0. The van der Waals surface area contributed by atoms with Crippen LogP contribution in [0.3, 0.4) is 0 Å². The molecule has 0 radical (unpaired) electrons. The third-order valence-corrected chi connectivity index (χ3v) is 8.58. The molecule has 3 heterocycles. The van der Waals surface area contributed by atoms with Gasteiger partial charge in [-0.25, -0.2) is 22.5 Å². The molecule has 1 aliphatic heterocycles. The second kappa shape index (κ2) is 8.45. The van der Waals surface area contributed by atoms with Crippen molar-refractivity contribution in [2.45, 2.75) is 58.0 Å². The summed E-state index contributed by atoms with van der Waals surface area (Å²) in [6.45, 7) is 5.85. The van der Waals surface area contributed by atoms with E-state index in [-0.39, 0.29) is 41.2 Å². The Morgan fingerprint density at radius 3 is 2.47 bits per heavy atom. The monoisotopic (exact) mass is 484 g/mol. The summed E-state index contributed by atoms with van der Waals surface area (Å²) in [6, 6.07) is 7.48. The van der Waals surface area contributed by atoms with Crippen molar-refractivity contribution in [2.75, 3.05) is 11.5 Å². The van der Waals surface area contributed by atoms with E-state index in [0.717, 1.165) is 24.1 Å². The number of carbonyl (C=O) groups is 1.